The normalized spacial score (nSPS) is 9.44. The average molecular weight is 412 g/mol. The molecule has 2 aromatic carbocycles. The molecule has 0 amide bonds. The summed E-state index contributed by atoms with van der Waals surface area (Å²) in [5, 5.41) is 3.28. The van der Waals surface area contributed by atoms with Crippen LogP contribution in [0.5, 0.6) is 0 Å². The first-order chi connectivity index (χ1) is 8.75. The van der Waals surface area contributed by atoms with E-state index < -0.39 is 0 Å². The van der Waals surface area contributed by atoms with Gasteiger partial charge in [-0.05, 0) is 68.9 Å². The number of halogens is 2. The van der Waals surface area contributed by atoms with E-state index in [0.717, 1.165) is 15.7 Å². The number of benzene rings is 2. The van der Waals surface area contributed by atoms with Crippen molar-refractivity contribution >= 4 is 44.2 Å². The Morgan fingerprint density at radius 2 is 1.89 bits per heavy atom. The van der Waals surface area contributed by atoms with Crippen molar-refractivity contribution in [3.05, 3.63) is 62.1 Å². The Hall–Kier alpha value is -0.990. The molecule has 0 aromatic heterocycles. The van der Waals surface area contributed by atoms with Crippen LogP contribution in [0, 0.1) is 15.4 Å². The lowest BCUT2D eigenvalue weighted by molar-refractivity contribution is 1.37. The maximum Gasteiger partial charge on any atom is 0.0769 e. The highest BCUT2D eigenvalue weighted by atomic mass is 127. The highest BCUT2D eigenvalue weighted by molar-refractivity contribution is 14.1. The molecule has 0 atom stereocenters. The highest BCUT2D eigenvalue weighted by Crippen LogP contribution is 2.22. The van der Waals surface area contributed by atoms with Gasteiger partial charge in [-0.25, -0.2) is 0 Å². The summed E-state index contributed by atoms with van der Waals surface area (Å²) in [6, 6.07) is 16.2. The van der Waals surface area contributed by atoms with Crippen molar-refractivity contribution in [2.75, 3.05) is 11.9 Å². The number of rotatable bonds is 2. The summed E-state index contributed by atoms with van der Waals surface area (Å²) in [4.78, 5) is 0. The second kappa shape index (κ2) is 6.81. The van der Waals surface area contributed by atoms with Crippen LogP contribution in [-0.4, -0.2) is 6.54 Å². The van der Waals surface area contributed by atoms with E-state index in [1.54, 1.807) is 0 Å². The average Bonchev–Trinajstić information content (AvgIpc) is 2.40. The number of hydrogen-bond donors (Lipinski definition) is 1. The van der Waals surface area contributed by atoms with Gasteiger partial charge in [0, 0.05) is 19.3 Å². The first kappa shape index (κ1) is 13.4. The zero-order valence-electron chi connectivity index (χ0n) is 9.58. The fraction of sp³-hybridized carbons (Fsp3) is 0.0667. The minimum absolute atomic E-state index is 0.645. The molecule has 0 radical (unpaired) electrons. The summed E-state index contributed by atoms with van der Waals surface area (Å²) in [7, 11) is 0. The predicted octanol–water partition coefficient (Wildman–Crippen LogP) is 4.52. The van der Waals surface area contributed by atoms with Gasteiger partial charge in [0.1, 0.15) is 0 Å². The van der Waals surface area contributed by atoms with Crippen molar-refractivity contribution in [2.45, 2.75) is 0 Å². The van der Waals surface area contributed by atoms with E-state index in [-0.39, 0.29) is 0 Å². The highest BCUT2D eigenvalue weighted by Gasteiger charge is 1.96. The van der Waals surface area contributed by atoms with Crippen LogP contribution in [0.25, 0.3) is 0 Å². The molecular weight excluding hydrogens is 401 g/mol. The van der Waals surface area contributed by atoms with Gasteiger partial charge in [-0.2, -0.15) is 0 Å². The first-order valence-corrected chi connectivity index (χ1v) is 7.36. The molecule has 2 aromatic rings. The van der Waals surface area contributed by atoms with Crippen LogP contribution < -0.4 is 5.32 Å². The van der Waals surface area contributed by atoms with Gasteiger partial charge in [0.25, 0.3) is 0 Å². The van der Waals surface area contributed by atoms with E-state index in [0.29, 0.717) is 6.54 Å². The lowest BCUT2D eigenvalue weighted by Gasteiger charge is -2.03. The Kier molecular flexibility index (Phi) is 5.09. The minimum atomic E-state index is 0.645. The zero-order valence-corrected chi connectivity index (χ0v) is 13.3. The van der Waals surface area contributed by atoms with Crippen LogP contribution in [0.3, 0.4) is 0 Å². The molecule has 2 rings (SSSR count). The molecule has 18 heavy (non-hydrogen) atoms. The molecule has 1 nitrogen and oxygen atoms in total. The second-order valence-corrected chi connectivity index (χ2v) is 5.67. The molecule has 0 saturated heterocycles. The second-order valence-electron chi connectivity index (χ2n) is 3.65. The molecule has 0 saturated carbocycles. The van der Waals surface area contributed by atoms with E-state index in [9.17, 15) is 0 Å². The molecule has 0 unspecified atom stereocenters. The van der Waals surface area contributed by atoms with Crippen molar-refractivity contribution in [3.8, 4) is 11.8 Å². The molecule has 0 aliphatic rings. The quantitative estimate of drug-likeness (QED) is 0.566. The van der Waals surface area contributed by atoms with Crippen molar-refractivity contribution in [1.82, 2.24) is 0 Å². The zero-order chi connectivity index (χ0) is 12.8. The molecule has 0 aliphatic heterocycles. The molecule has 90 valence electrons. The molecule has 3 heteroatoms. The SMILES string of the molecule is Brc1ccc(NCC#Cc2ccccc2)cc1I. The van der Waals surface area contributed by atoms with E-state index in [4.69, 9.17) is 0 Å². The lowest BCUT2D eigenvalue weighted by atomic mass is 10.2. The van der Waals surface area contributed by atoms with E-state index in [1.807, 2.05) is 42.5 Å². The van der Waals surface area contributed by atoms with Gasteiger partial charge in [-0.15, -0.1) is 0 Å². The van der Waals surface area contributed by atoms with E-state index in [2.05, 4.69) is 61.7 Å². The van der Waals surface area contributed by atoms with Crippen LogP contribution in [-0.2, 0) is 0 Å². The number of anilines is 1. The van der Waals surface area contributed by atoms with Crippen LogP contribution in [0.4, 0.5) is 5.69 Å². The summed E-state index contributed by atoms with van der Waals surface area (Å²) in [5.41, 5.74) is 2.13. The van der Waals surface area contributed by atoms with Crippen LogP contribution >= 0.6 is 38.5 Å². The van der Waals surface area contributed by atoms with Crippen LogP contribution in [0.1, 0.15) is 5.56 Å². The minimum Gasteiger partial charge on any atom is -0.374 e. The monoisotopic (exact) mass is 411 g/mol. The van der Waals surface area contributed by atoms with Crippen molar-refractivity contribution in [3.63, 3.8) is 0 Å². The third-order valence-electron chi connectivity index (χ3n) is 2.31. The smallest absolute Gasteiger partial charge is 0.0769 e. The van der Waals surface area contributed by atoms with Crippen LogP contribution in [0.15, 0.2) is 53.0 Å². The van der Waals surface area contributed by atoms with E-state index >= 15 is 0 Å². The number of nitrogens with one attached hydrogen (secondary N) is 1. The fourth-order valence-electron chi connectivity index (χ4n) is 1.42. The van der Waals surface area contributed by atoms with Gasteiger partial charge < -0.3 is 5.32 Å². The summed E-state index contributed by atoms with van der Waals surface area (Å²) < 4.78 is 2.30. The first-order valence-electron chi connectivity index (χ1n) is 5.48. The molecule has 0 aliphatic carbocycles. The molecule has 1 N–H and O–H groups in total. The Morgan fingerprint density at radius 3 is 2.61 bits per heavy atom. The third-order valence-corrected chi connectivity index (χ3v) is 4.63. The Labute approximate surface area is 129 Å². The van der Waals surface area contributed by atoms with Crippen molar-refractivity contribution in [2.24, 2.45) is 0 Å². The van der Waals surface area contributed by atoms with Gasteiger partial charge in [0.15, 0.2) is 0 Å². The Balaban J connectivity index is 1.93. The third kappa shape index (κ3) is 4.04. The maximum atomic E-state index is 3.48. The maximum absolute atomic E-state index is 3.48. The molecule has 0 heterocycles. The Bertz CT molecular complexity index is 584. The van der Waals surface area contributed by atoms with Gasteiger partial charge in [-0.1, -0.05) is 30.0 Å². The van der Waals surface area contributed by atoms with Crippen LogP contribution in [0.2, 0.25) is 0 Å². The molecule has 0 fully saturated rings. The number of hydrogen-bond acceptors (Lipinski definition) is 1. The molecule has 0 bridgehead atoms. The van der Waals surface area contributed by atoms with Gasteiger partial charge in [-0.3, -0.25) is 0 Å². The predicted molar refractivity (Wildman–Crippen MR) is 88.7 cm³/mol. The van der Waals surface area contributed by atoms with Crippen molar-refractivity contribution in [1.29, 1.82) is 0 Å². The fourth-order valence-corrected chi connectivity index (χ4v) is 2.18. The lowest BCUT2D eigenvalue weighted by Crippen LogP contribution is -1.98. The summed E-state index contributed by atoms with van der Waals surface area (Å²) in [6.45, 7) is 0.645. The van der Waals surface area contributed by atoms with Gasteiger partial charge in [0.05, 0.1) is 6.54 Å². The van der Waals surface area contributed by atoms with Gasteiger partial charge in [0.2, 0.25) is 0 Å². The summed E-state index contributed by atoms with van der Waals surface area (Å²) in [6.07, 6.45) is 0. The van der Waals surface area contributed by atoms with E-state index in [1.165, 1.54) is 3.57 Å². The largest absolute Gasteiger partial charge is 0.374 e. The molecule has 0 spiro atoms. The standard InChI is InChI=1S/C15H11BrIN/c16-14-9-8-13(11-15(14)17)18-10-4-7-12-5-2-1-3-6-12/h1-3,5-6,8-9,11,18H,10H2. The van der Waals surface area contributed by atoms with Gasteiger partial charge >= 0.3 is 0 Å². The Morgan fingerprint density at radius 1 is 1.11 bits per heavy atom. The van der Waals surface area contributed by atoms with Crippen molar-refractivity contribution < 1.29 is 0 Å². The summed E-state index contributed by atoms with van der Waals surface area (Å²) >= 11 is 5.78. The molecular formula is C15H11BrIN. The summed E-state index contributed by atoms with van der Waals surface area (Å²) in [5.74, 6) is 6.23. The topological polar surface area (TPSA) is 12.0 Å².